The van der Waals surface area contributed by atoms with Crippen molar-refractivity contribution in [3.05, 3.63) is 102 Å². The molecule has 3 saturated heterocycles. The molecule has 0 saturated carbocycles. The molecule has 0 amide bonds. The van der Waals surface area contributed by atoms with Gasteiger partial charge in [-0.15, -0.1) is 0 Å². The Hall–Kier alpha value is -3.15. The number of nitrogens with zero attached hydrogens (tertiary/aromatic N) is 1. The average Bonchev–Trinajstić information content (AvgIpc) is 2.90. The number of hydrogen-bond donors (Lipinski definition) is 1. The minimum Gasteiger partial charge on any atom is -0.488 e. The predicted octanol–water partition coefficient (Wildman–Crippen LogP) is 4.46. The number of ether oxygens (including phenoxy) is 2. The van der Waals surface area contributed by atoms with Crippen LogP contribution in [0.3, 0.4) is 0 Å². The van der Waals surface area contributed by atoms with Crippen LogP contribution < -0.4 is 4.74 Å². The van der Waals surface area contributed by atoms with Gasteiger partial charge in [0.25, 0.3) is 0 Å². The summed E-state index contributed by atoms with van der Waals surface area (Å²) in [6.07, 6.45) is 1.84. The molecule has 3 aliphatic rings. The number of fused-ring (bicyclic) bond motifs is 3. The van der Waals surface area contributed by atoms with Crippen LogP contribution in [-0.4, -0.2) is 54.4 Å². The lowest BCUT2D eigenvalue weighted by Crippen LogP contribution is -2.65. The molecule has 0 aliphatic carbocycles. The van der Waals surface area contributed by atoms with Gasteiger partial charge in [-0.05, 0) is 35.7 Å². The van der Waals surface area contributed by atoms with Gasteiger partial charge in [-0.3, -0.25) is 0 Å². The molecular formula is C30H34NO4+. The Balaban J connectivity index is 1.30. The van der Waals surface area contributed by atoms with Crippen molar-refractivity contribution in [3.8, 4) is 5.75 Å². The molecule has 3 aliphatic heterocycles. The van der Waals surface area contributed by atoms with E-state index in [1.807, 2.05) is 48.5 Å². The van der Waals surface area contributed by atoms with Gasteiger partial charge >= 0.3 is 5.97 Å². The van der Waals surface area contributed by atoms with Gasteiger partial charge in [0, 0.05) is 18.8 Å². The second-order valence-corrected chi connectivity index (χ2v) is 10.1. The standard InChI is InChI=1S/C30H34NO4/c1-23-9-8-14-27(21-23)34-20-19-31-17-15-24(16-18-31)28(22-31)35-29(32)30(33,25-10-4-2-5-11-25)26-12-6-3-7-13-26/h2-14,21,24,28,33H,15-20,22H2,1H3/q+1. The van der Waals surface area contributed by atoms with Gasteiger partial charge in [0.15, 0.2) is 6.10 Å². The molecule has 2 bridgehead atoms. The molecule has 0 aromatic heterocycles. The molecule has 3 aromatic carbocycles. The Morgan fingerprint density at radius 1 is 0.943 bits per heavy atom. The summed E-state index contributed by atoms with van der Waals surface area (Å²) in [5, 5.41) is 11.8. The molecule has 35 heavy (non-hydrogen) atoms. The number of carbonyl (C=O) groups excluding carboxylic acids is 1. The van der Waals surface area contributed by atoms with Crippen LogP contribution in [0.4, 0.5) is 0 Å². The molecule has 5 nitrogen and oxygen atoms in total. The molecule has 3 fully saturated rings. The van der Waals surface area contributed by atoms with Crippen LogP contribution in [0, 0.1) is 12.8 Å². The number of aliphatic hydroxyl groups is 1. The van der Waals surface area contributed by atoms with Crippen LogP contribution in [-0.2, 0) is 15.1 Å². The first-order valence-corrected chi connectivity index (χ1v) is 12.6. The average molecular weight is 473 g/mol. The third-order valence-corrected chi connectivity index (χ3v) is 7.80. The fraction of sp³-hybridized carbons (Fsp3) is 0.367. The molecule has 3 heterocycles. The number of hydrogen-bond acceptors (Lipinski definition) is 4. The summed E-state index contributed by atoms with van der Waals surface area (Å²) in [7, 11) is 0. The van der Waals surface area contributed by atoms with Crippen molar-refractivity contribution in [2.24, 2.45) is 5.92 Å². The van der Waals surface area contributed by atoms with Crippen molar-refractivity contribution in [1.29, 1.82) is 0 Å². The highest BCUT2D eigenvalue weighted by Gasteiger charge is 2.50. The van der Waals surface area contributed by atoms with Gasteiger partial charge in [0.1, 0.15) is 25.4 Å². The number of rotatable bonds is 8. The lowest BCUT2D eigenvalue weighted by molar-refractivity contribution is -0.946. The largest absolute Gasteiger partial charge is 0.488 e. The Kier molecular flexibility index (Phi) is 6.63. The van der Waals surface area contributed by atoms with Crippen molar-refractivity contribution in [2.45, 2.75) is 31.5 Å². The second-order valence-electron chi connectivity index (χ2n) is 10.1. The van der Waals surface area contributed by atoms with Crippen LogP contribution in [0.5, 0.6) is 5.75 Å². The minimum atomic E-state index is -1.84. The lowest BCUT2D eigenvalue weighted by Gasteiger charge is -2.52. The van der Waals surface area contributed by atoms with Gasteiger partial charge < -0.3 is 19.1 Å². The summed E-state index contributed by atoms with van der Waals surface area (Å²) >= 11 is 0. The van der Waals surface area contributed by atoms with Crippen molar-refractivity contribution in [1.82, 2.24) is 0 Å². The summed E-state index contributed by atoms with van der Waals surface area (Å²) in [6.45, 7) is 6.51. The van der Waals surface area contributed by atoms with E-state index in [2.05, 4.69) is 19.1 Å². The highest BCUT2D eigenvalue weighted by molar-refractivity contribution is 5.85. The molecule has 182 valence electrons. The van der Waals surface area contributed by atoms with E-state index in [1.54, 1.807) is 24.3 Å². The van der Waals surface area contributed by atoms with Crippen LogP contribution in [0.2, 0.25) is 0 Å². The number of aryl methyl sites for hydroxylation is 1. The molecule has 6 rings (SSSR count). The zero-order chi connectivity index (χ0) is 24.3. The summed E-state index contributed by atoms with van der Waals surface area (Å²) in [5.41, 5.74) is 0.388. The summed E-state index contributed by atoms with van der Waals surface area (Å²) in [6, 6.07) is 26.3. The van der Waals surface area contributed by atoms with E-state index in [9.17, 15) is 9.90 Å². The molecule has 5 heteroatoms. The zero-order valence-electron chi connectivity index (χ0n) is 20.3. The normalized spacial score (nSPS) is 23.6. The second kappa shape index (κ2) is 9.84. The monoisotopic (exact) mass is 472 g/mol. The van der Waals surface area contributed by atoms with Gasteiger partial charge in [-0.2, -0.15) is 0 Å². The van der Waals surface area contributed by atoms with E-state index >= 15 is 0 Å². The Bertz CT molecular complexity index is 1100. The van der Waals surface area contributed by atoms with Crippen molar-refractivity contribution in [3.63, 3.8) is 0 Å². The van der Waals surface area contributed by atoms with E-state index in [4.69, 9.17) is 9.47 Å². The van der Waals surface area contributed by atoms with E-state index in [-0.39, 0.29) is 6.10 Å². The SMILES string of the molecule is Cc1cccc(OCC[N+]23CCC(CC2)C(OC(=O)C(O)(c2ccccc2)c2ccccc2)C3)c1. The molecule has 0 spiro atoms. The first-order chi connectivity index (χ1) is 17.0. The Morgan fingerprint density at radius 3 is 2.17 bits per heavy atom. The quantitative estimate of drug-likeness (QED) is 0.389. The first kappa shape index (κ1) is 23.6. The van der Waals surface area contributed by atoms with Gasteiger partial charge in [-0.25, -0.2) is 4.79 Å². The maximum atomic E-state index is 13.6. The van der Waals surface area contributed by atoms with Crippen LogP contribution >= 0.6 is 0 Å². The zero-order valence-corrected chi connectivity index (χ0v) is 20.3. The number of quaternary nitrogens is 1. The van der Waals surface area contributed by atoms with Crippen LogP contribution in [0.1, 0.15) is 29.5 Å². The van der Waals surface area contributed by atoms with Gasteiger partial charge in [0.05, 0.1) is 13.1 Å². The summed E-state index contributed by atoms with van der Waals surface area (Å²) in [4.78, 5) is 13.6. The fourth-order valence-electron chi connectivity index (χ4n) is 5.72. The number of carbonyl (C=O) groups is 1. The van der Waals surface area contributed by atoms with Crippen molar-refractivity contribution < 1.29 is 23.9 Å². The number of benzene rings is 3. The molecule has 1 unspecified atom stereocenters. The van der Waals surface area contributed by atoms with Crippen LogP contribution in [0.15, 0.2) is 84.9 Å². The first-order valence-electron chi connectivity index (χ1n) is 12.6. The Morgan fingerprint density at radius 2 is 1.57 bits per heavy atom. The minimum absolute atomic E-state index is 0.206. The molecule has 3 aromatic rings. The smallest absolute Gasteiger partial charge is 0.348 e. The van der Waals surface area contributed by atoms with E-state index in [1.165, 1.54) is 5.56 Å². The third-order valence-electron chi connectivity index (χ3n) is 7.80. The summed E-state index contributed by atoms with van der Waals surface area (Å²) in [5.74, 6) is 0.643. The highest BCUT2D eigenvalue weighted by Crippen LogP contribution is 2.38. The number of esters is 1. The Labute approximate surface area is 207 Å². The maximum Gasteiger partial charge on any atom is 0.348 e. The molecule has 1 N–H and O–H groups in total. The summed E-state index contributed by atoms with van der Waals surface area (Å²) < 4.78 is 13.1. The lowest BCUT2D eigenvalue weighted by atomic mass is 9.82. The highest BCUT2D eigenvalue weighted by atomic mass is 16.6. The van der Waals surface area contributed by atoms with Crippen molar-refractivity contribution >= 4 is 5.97 Å². The third kappa shape index (κ3) is 4.84. The number of piperidine rings is 3. The molecular weight excluding hydrogens is 438 g/mol. The fourth-order valence-corrected chi connectivity index (χ4v) is 5.72. The van der Waals surface area contributed by atoms with E-state index < -0.39 is 11.6 Å². The van der Waals surface area contributed by atoms with Gasteiger partial charge in [0.2, 0.25) is 5.60 Å². The van der Waals surface area contributed by atoms with E-state index in [0.717, 1.165) is 49.3 Å². The topological polar surface area (TPSA) is 55.8 Å². The van der Waals surface area contributed by atoms with Crippen molar-refractivity contribution in [2.75, 3.05) is 32.8 Å². The van der Waals surface area contributed by atoms with Gasteiger partial charge in [-0.1, -0.05) is 72.8 Å². The predicted molar refractivity (Wildman–Crippen MR) is 135 cm³/mol. The molecule has 1 atom stereocenters. The maximum absolute atomic E-state index is 13.6. The van der Waals surface area contributed by atoms with E-state index in [0.29, 0.717) is 23.7 Å². The molecule has 0 radical (unpaired) electrons. The van der Waals surface area contributed by atoms with Crippen LogP contribution in [0.25, 0.3) is 0 Å².